The molecule has 1 saturated heterocycles. The molecule has 1 aliphatic heterocycles. The number of nitrogens with one attached hydrogen (secondary N) is 1. The maximum absolute atomic E-state index is 12.8. The van der Waals surface area contributed by atoms with Crippen LogP contribution in [0, 0.1) is 5.82 Å². The van der Waals surface area contributed by atoms with Gasteiger partial charge in [-0.05, 0) is 12.1 Å². The van der Waals surface area contributed by atoms with E-state index in [9.17, 15) is 9.18 Å². The predicted octanol–water partition coefficient (Wildman–Crippen LogP) is 1.70. The zero-order valence-corrected chi connectivity index (χ0v) is 8.61. The molecule has 0 spiro atoms. The fourth-order valence-corrected chi connectivity index (χ4v) is 1.46. The summed E-state index contributed by atoms with van der Waals surface area (Å²) in [4.78, 5) is 10.7. The van der Waals surface area contributed by atoms with Gasteiger partial charge in [-0.2, -0.15) is 0 Å². The van der Waals surface area contributed by atoms with Crippen LogP contribution in [-0.4, -0.2) is 25.3 Å². The molecule has 1 atom stereocenters. The minimum absolute atomic E-state index is 0.152. The number of hydrogen-bond acceptors (Lipinski definition) is 3. The van der Waals surface area contributed by atoms with Crippen LogP contribution in [0.2, 0.25) is 0 Å². The third-order valence-electron chi connectivity index (χ3n) is 2.25. The molecule has 1 heterocycles. The average Bonchev–Trinajstić information content (AvgIpc) is 2.64. The van der Waals surface area contributed by atoms with Crippen molar-refractivity contribution in [3.8, 4) is 5.75 Å². The molecule has 1 aliphatic rings. The molecular formula is C11H12FNO3. The fraction of sp³-hybridized carbons (Fsp3) is 0.364. The van der Waals surface area contributed by atoms with Gasteiger partial charge in [0.1, 0.15) is 17.7 Å². The van der Waals surface area contributed by atoms with E-state index in [-0.39, 0.29) is 11.9 Å². The predicted molar refractivity (Wildman–Crippen MR) is 54.8 cm³/mol. The van der Waals surface area contributed by atoms with Gasteiger partial charge >= 0.3 is 6.09 Å². The Bertz CT molecular complexity index is 383. The first kappa shape index (κ1) is 10.7. The molecule has 0 bridgehead atoms. The number of benzene rings is 1. The van der Waals surface area contributed by atoms with Crippen molar-refractivity contribution >= 4 is 6.09 Å². The molecule has 1 N–H and O–H groups in total. The summed E-state index contributed by atoms with van der Waals surface area (Å²) in [5, 5.41) is 2.55. The Morgan fingerprint density at radius 2 is 2.44 bits per heavy atom. The van der Waals surface area contributed by atoms with Gasteiger partial charge in [-0.25, -0.2) is 9.18 Å². The number of rotatable bonds is 4. The maximum Gasteiger partial charge on any atom is 0.407 e. The summed E-state index contributed by atoms with van der Waals surface area (Å²) in [5.41, 5.74) is 0. The number of amides is 1. The number of alkyl carbamates (subject to hydrolysis) is 1. The maximum atomic E-state index is 12.8. The van der Waals surface area contributed by atoms with Crippen molar-refractivity contribution in [1.82, 2.24) is 5.32 Å². The second-order valence-corrected chi connectivity index (χ2v) is 3.50. The first-order chi connectivity index (χ1) is 7.74. The number of ether oxygens (including phenoxy) is 2. The summed E-state index contributed by atoms with van der Waals surface area (Å²) in [6.07, 6.45) is 0.0479. The van der Waals surface area contributed by atoms with Crippen LogP contribution in [0.5, 0.6) is 5.75 Å². The second-order valence-electron chi connectivity index (χ2n) is 3.50. The smallest absolute Gasteiger partial charge is 0.407 e. The summed E-state index contributed by atoms with van der Waals surface area (Å²) >= 11 is 0. The van der Waals surface area contributed by atoms with E-state index in [1.165, 1.54) is 12.1 Å². The number of hydrogen-bond donors (Lipinski definition) is 1. The largest absolute Gasteiger partial charge is 0.493 e. The van der Waals surface area contributed by atoms with Gasteiger partial charge in [0, 0.05) is 12.5 Å². The highest BCUT2D eigenvalue weighted by Gasteiger charge is 2.21. The van der Waals surface area contributed by atoms with Crippen LogP contribution >= 0.6 is 0 Å². The Hall–Kier alpha value is -1.78. The molecule has 86 valence electrons. The molecule has 2 rings (SSSR count). The molecule has 0 saturated carbocycles. The van der Waals surface area contributed by atoms with Crippen LogP contribution in [0.1, 0.15) is 6.42 Å². The van der Waals surface area contributed by atoms with E-state index in [2.05, 4.69) is 5.32 Å². The summed E-state index contributed by atoms with van der Waals surface area (Å²) < 4.78 is 23.0. The van der Waals surface area contributed by atoms with Crippen molar-refractivity contribution in [3.05, 3.63) is 30.1 Å². The molecule has 1 unspecified atom stereocenters. The van der Waals surface area contributed by atoms with Crippen LogP contribution in [0.15, 0.2) is 24.3 Å². The summed E-state index contributed by atoms with van der Waals surface area (Å²) in [6, 6.07) is 5.94. The SMILES string of the molecule is O=C1NCC(CCOc2cccc(F)c2)O1. The first-order valence-electron chi connectivity index (χ1n) is 5.07. The number of carbonyl (C=O) groups excluding carboxylic acids is 1. The third kappa shape index (κ3) is 2.85. The Morgan fingerprint density at radius 1 is 1.56 bits per heavy atom. The summed E-state index contributed by atoms with van der Waals surface area (Å²) in [6.45, 7) is 0.897. The topological polar surface area (TPSA) is 47.6 Å². The lowest BCUT2D eigenvalue weighted by molar-refractivity contribution is 0.124. The number of cyclic esters (lactones) is 1. The lowest BCUT2D eigenvalue weighted by atomic mass is 10.3. The molecule has 0 radical (unpaired) electrons. The van der Waals surface area contributed by atoms with E-state index in [1.807, 2.05) is 0 Å². The minimum Gasteiger partial charge on any atom is -0.493 e. The Balaban J connectivity index is 1.74. The van der Waals surface area contributed by atoms with Crippen molar-refractivity contribution in [2.24, 2.45) is 0 Å². The average molecular weight is 225 g/mol. The normalized spacial score (nSPS) is 19.1. The molecule has 16 heavy (non-hydrogen) atoms. The molecule has 0 aromatic heterocycles. The highest BCUT2D eigenvalue weighted by Crippen LogP contribution is 2.13. The molecule has 1 aromatic rings. The second kappa shape index (κ2) is 4.83. The Kier molecular flexibility index (Phi) is 3.24. The first-order valence-corrected chi connectivity index (χ1v) is 5.07. The van der Waals surface area contributed by atoms with E-state index >= 15 is 0 Å². The molecule has 5 heteroatoms. The van der Waals surface area contributed by atoms with E-state index in [4.69, 9.17) is 9.47 Å². The number of carbonyl (C=O) groups is 1. The standard InChI is InChI=1S/C11H12FNO3/c12-8-2-1-3-9(6-8)15-5-4-10-7-13-11(14)16-10/h1-3,6,10H,4-5,7H2,(H,13,14). The van der Waals surface area contributed by atoms with E-state index in [0.29, 0.717) is 25.3 Å². The van der Waals surface area contributed by atoms with E-state index < -0.39 is 6.09 Å². The van der Waals surface area contributed by atoms with Gasteiger partial charge in [0.2, 0.25) is 0 Å². The van der Waals surface area contributed by atoms with Gasteiger partial charge in [0.25, 0.3) is 0 Å². The molecule has 0 aliphatic carbocycles. The molecular weight excluding hydrogens is 213 g/mol. The van der Waals surface area contributed by atoms with Crippen molar-refractivity contribution < 1.29 is 18.7 Å². The van der Waals surface area contributed by atoms with Gasteiger partial charge in [-0.1, -0.05) is 6.07 Å². The molecule has 1 amide bonds. The highest BCUT2D eigenvalue weighted by atomic mass is 19.1. The lowest BCUT2D eigenvalue weighted by Crippen LogP contribution is -2.17. The number of halogens is 1. The van der Waals surface area contributed by atoms with Gasteiger partial charge in [-0.15, -0.1) is 0 Å². The van der Waals surface area contributed by atoms with Crippen molar-refractivity contribution in [3.63, 3.8) is 0 Å². The van der Waals surface area contributed by atoms with E-state index in [1.54, 1.807) is 12.1 Å². The van der Waals surface area contributed by atoms with Crippen LogP contribution in [-0.2, 0) is 4.74 Å². The van der Waals surface area contributed by atoms with Crippen molar-refractivity contribution in [2.45, 2.75) is 12.5 Å². The highest BCUT2D eigenvalue weighted by molar-refractivity contribution is 5.69. The Labute approximate surface area is 92.4 Å². The fourth-order valence-electron chi connectivity index (χ4n) is 1.46. The zero-order valence-electron chi connectivity index (χ0n) is 8.61. The summed E-state index contributed by atoms with van der Waals surface area (Å²) in [7, 11) is 0. The zero-order chi connectivity index (χ0) is 11.4. The van der Waals surface area contributed by atoms with Crippen molar-refractivity contribution in [1.29, 1.82) is 0 Å². The van der Waals surface area contributed by atoms with Gasteiger partial charge < -0.3 is 14.8 Å². The van der Waals surface area contributed by atoms with Crippen LogP contribution < -0.4 is 10.1 Å². The van der Waals surface area contributed by atoms with Crippen LogP contribution in [0.4, 0.5) is 9.18 Å². The molecule has 1 aromatic carbocycles. The quantitative estimate of drug-likeness (QED) is 0.848. The van der Waals surface area contributed by atoms with Crippen LogP contribution in [0.25, 0.3) is 0 Å². The molecule has 4 nitrogen and oxygen atoms in total. The van der Waals surface area contributed by atoms with Crippen LogP contribution in [0.3, 0.4) is 0 Å². The van der Waals surface area contributed by atoms with Gasteiger partial charge in [0.05, 0.1) is 13.2 Å². The lowest BCUT2D eigenvalue weighted by Gasteiger charge is -2.09. The molecule has 1 fully saturated rings. The van der Waals surface area contributed by atoms with Crippen molar-refractivity contribution in [2.75, 3.05) is 13.2 Å². The minimum atomic E-state index is -0.393. The monoisotopic (exact) mass is 225 g/mol. The summed E-state index contributed by atoms with van der Waals surface area (Å²) in [5.74, 6) is 0.156. The van der Waals surface area contributed by atoms with Gasteiger partial charge in [0.15, 0.2) is 0 Å². The Morgan fingerprint density at radius 3 is 3.12 bits per heavy atom. The third-order valence-corrected chi connectivity index (χ3v) is 2.25. The van der Waals surface area contributed by atoms with Gasteiger partial charge in [-0.3, -0.25) is 0 Å². The van der Waals surface area contributed by atoms with E-state index in [0.717, 1.165) is 0 Å².